The molecule has 1 saturated heterocycles. The maximum atomic E-state index is 8.94. The Bertz CT molecular complexity index is 479. The molecule has 1 fully saturated rings. The molecule has 1 aromatic carbocycles. The fraction of sp³-hybridized carbons (Fsp3) is 0.462. The summed E-state index contributed by atoms with van der Waals surface area (Å²) in [7, 11) is 0. The molecular weight excluding hydrogens is 310 g/mol. The van der Waals surface area contributed by atoms with Crippen LogP contribution in [0.4, 0.5) is 5.69 Å². The van der Waals surface area contributed by atoms with Crippen LogP contribution < -0.4 is 10.6 Å². The minimum absolute atomic E-state index is 0.111. The Hall–Kier alpha value is -1.27. The van der Waals surface area contributed by atoms with Crippen molar-refractivity contribution in [2.75, 3.05) is 24.6 Å². The average molecular weight is 328 g/mol. The van der Waals surface area contributed by atoms with Crippen molar-refractivity contribution in [3.8, 4) is 0 Å². The van der Waals surface area contributed by atoms with Crippen LogP contribution in [-0.2, 0) is 4.74 Å². The smallest absolute Gasteiger partial charge is 0.173 e. The molecule has 2 rings (SSSR count). The molecule has 1 heterocycles. The van der Waals surface area contributed by atoms with E-state index in [0.29, 0.717) is 0 Å². The minimum atomic E-state index is 0.111. The molecule has 1 aliphatic heterocycles. The maximum absolute atomic E-state index is 8.94. The molecule has 0 spiro atoms. The monoisotopic (exact) mass is 327 g/mol. The Labute approximate surface area is 121 Å². The van der Waals surface area contributed by atoms with Crippen LogP contribution in [-0.4, -0.2) is 36.8 Å². The quantitative estimate of drug-likeness (QED) is 0.378. The van der Waals surface area contributed by atoms with Crippen molar-refractivity contribution in [2.45, 2.75) is 19.4 Å². The van der Waals surface area contributed by atoms with Gasteiger partial charge in [0.25, 0.3) is 0 Å². The Kier molecular flexibility index (Phi) is 4.66. The summed E-state index contributed by atoms with van der Waals surface area (Å²) in [5.74, 6) is 0.111. The van der Waals surface area contributed by atoms with Crippen LogP contribution in [0.2, 0.25) is 0 Å². The molecule has 104 valence electrons. The van der Waals surface area contributed by atoms with Crippen LogP contribution in [0, 0.1) is 0 Å². The predicted molar refractivity (Wildman–Crippen MR) is 78.9 cm³/mol. The van der Waals surface area contributed by atoms with Crippen molar-refractivity contribution in [3.05, 3.63) is 28.2 Å². The molecule has 1 unspecified atom stereocenters. The Balaban J connectivity index is 2.40. The van der Waals surface area contributed by atoms with Crippen LogP contribution in [0.15, 0.2) is 27.8 Å². The molecule has 19 heavy (non-hydrogen) atoms. The normalized spacial score (nSPS) is 21.3. The van der Waals surface area contributed by atoms with E-state index in [4.69, 9.17) is 15.7 Å². The first-order valence-electron chi connectivity index (χ1n) is 6.26. The van der Waals surface area contributed by atoms with Crippen molar-refractivity contribution in [3.63, 3.8) is 0 Å². The topological polar surface area (TPSA) is 71.1 Å². The Morgan fingerprint density at radius 1 is 1.58 bits per heavy atom. The van der Waals surface area contributed by atoms with Gasteiger partial charge in [0, 0.05) is 29.9 Å². The van der Waals surface area contributed by atoms with Gasteiger partial charge in [-0.25, -0.2) is 0 Å². The number of benzene rings is 1. The highest BCUT2D eigenvalue weighted by Gasteiger charge is 2.20. The Morgan fingerprint density at radius 2 is 2.37 bits per heavy atom. The lowest BCUT2D eigenvalue weighted by Crippen LogP contribution is -2.32. The largest absolute Gasteiger partial charge is 0.409 e. The van der Waals surface area contributed by atoms with E-state index in [1.54, 1.807) is 0 Å². The second-order valence-corrected chi connectivity index (χ2v) is 5.45. The van der Waals surface area contributed by atoms with Gasteiger partial charge in [-0.05, 0) is 41.4 Å². The molecule has 1 aliphatic rings. The average Bonchev–Trinajstić information content (AvgIpc) is 2.62. The van der Waals surface area contributed by atoms with Gasteiger partial charge in [-0.1, -0.05) is 11.2 Å². The van der Waals surface area contributed by atoms with Crippen molar-refractivity contribution in [2.24, 2.45) is 10.9 Å². The van der Waals surface area contributed by atoms with Gasteiger partial charge in [-0.15, -0.1) is 0 Å². The molecule has 0 bridgehead atoms. The molecule has 0 radical (unpaired) electrons. The first kappa shape index (κ1) is 14.1. The molecule has 0 aliphatic carbocycles. The van der Waals surface area contributed by atoms with E-state index in [9.17, 15) is 0 Å². The molecule has 6 heteroatoms. The molecule has 1 aromatic rings. The summed E-state index contributed by atoms with van der Waals surface area (Å²) in [6.45, 7) is 4.51. The fourth-order valence-electron chi connectivity index (χ4n) is 2.29. The van der Waals surface area contributed by atoms with Crippen LogP contribution in [0.25, 0.3) is 0 Å². The van der Waals surface area contributed by atoms with E-state index in [1.807, 2.05) is 18.2 Å². The first-order valence-corrected chi connectivity index (χ1v) is 7.05. The zero-order valence-corrected chi connectivity index (χ0v) is 12.4. The van der Waals surface area contributed by atoms with Crippen LogP contribution in [0.3, 0.4) is 0 Å². The molecular formula is C13H18BrN3O2. The standard InChI is InChI=1S/C13H18BrN3O2/c1-9-8-17(6-3-7-19-9)11-5-2-4-10(14)12(11)13(15)16-18/h2,4-5,9,18H,3,6-8H2,1H3,(H2,15,16). The third kappa shape index (κ3) is 3.19. The number of nitrogens with zero attached hydrogens (tertiary/aromatic N) is 2. The van der Waals surface area contributed by atoms with Gasteiger partial charge < -0.3 is 20.6 Å². The highest BCUT2D eigenvalue weighted by atomic mass is 79.9. The Morgan fingerprint density at radius 3 is 3.11 bits per heavy atom. The minimum Gasteiger partial charge on any atom is -0.409 e. The maximum Gasteiger partial charge on any atom is 0.173 e. The number of hydrogen-bond donors (Lipinski definition) is 2. The predicted octanol–water partition coefficient (Wildman–Crippen LogP) is 2.16. The van der Waals surface area contributed by atoms with Gasteiger partial charge in [-0.3, -0.25) is 0 Å². The second-order valence-electron chi connectivity index (χ2n) is 4.60. The first-order chi connectivity index (χ1) is 9.13. The summed E-state index contributed by atoms with van der Waals surface area (Å²) in [6, 6.07) is 5.81. The number of halogens is 1. The van der Waals surface area contributed by atoms with Crippen molar-refractivity contribution < 1.29 is 9.94 Å². The van der Waals surface area contributed by atoms with Gasteiger partial charge in [0.05, 0.1) is 11.7 Å². The van der Waals surface area contributed by atoms with Crippen molar-refractivity contribution >= 4 is 27.5 Å². The number of nitrogens with two attached hydrogens (primary N) is 1. The summed E-state index contributed by atoms with van der Waals surface area (Å²) >= 11 is 3.46. The molecule has 1 atom stereocenters. The van der Waals surface area contributed by atoms with E-state index in [1.165, 1.54) is 0 Å². The van der Waals surface area contributed by atoms with Crippen LogP contribution in [0.1, 0.15) is 18.9 Å². The summed E-state index contributed by atoms with van der Waals surface area (Å²) in [6.07, 6.45) is 1.13. The van der Waals surface area contributed by atoms with E-state index in [2.05, 4.69) is 32.9 Å². The van der Waals surface area contributed by atoms with Gasteiger partial charge in [0.1, 0.15) is 0 Å². The summed E-state index contributed by atoms with van der Waals surface area (Å²) in [5.41, 5.74) is 7.47. The van der Waals surface area contributed by atoms with Crippen molar-refractivity contribution in [1.82, 2.24) is 0 Å². The van der Waals surface area contributed by atoms with Gasteiger partial charge in [0.15, 0.2) is 5.84 Å². The molecule has 5 nitrogen and oxygen atoms in total. The van der Waals surface area contributed by atoms with Gasteiger partial charge >= 0.3 is 0 Å². The van der Waals surface area contributed by atoms with E-state index >= 15 is 0 Å². The molecule has 0 saturated carbocycles. The van der Waals surface area contributed by atoms with Gasteiger partial charge in [-0.2, -0.15) is 0 Å². The van der Waals surface area contributed by atoms with Crippen LogP contribution in [0.5, 0.6) is 0 Å². The number of anilines is 1. The lowest BCUT2D eigenvalue weighted by Gasteiger charge is -2.27. The lowest BCUT2D eigenvalue weighted by molar-refractivity contribution is 0.0821. The molecule has 0 amide bonds. The number of hydrogen-bond acceptors (Lipinski definition) is 4. The highest BCUT2D eigenvalue weighted by Crippen LogP contribution is 2.29. The summed E-state index contributed by atoms with van der Waals surface area (Å²) in [5, 5.41) is 12.1. The second kappa shape index (κ2) is 6.25. The zero-order valence-electron chi connectivity index (χ0n) is 10.8. The summed E-state index contributed by atoms with van der Waals surface area (Å²) < 4.78 is 6.46. The van der Waals surface area contributed by atoms with E-state index < -0.39 is 0 Å². The summed E-state index contributed by atoms with van der Waals surface area (Å²) in [4.78, 5) is 2.22. The SMILES string of the molecule is CC1CN(c2cccc(Br)c2/C(N)=N/O)CCCO1. The molecule has 3 N–H and O–H groups in total. The fourth-order valence-corrected chi connectivity index (χ4v) is 2.85. The third-order valence-corrected chi connectivity index (χ3v) is 3.81. The number of rotatable bonds is 2. The van der Waals surface area contributed by atoms with E-state index in [-0.39, 0.29) is 11.9 Å². The van der Waals surface area contributed by atoms with Crippen LogP contribution >= 0.6 is 15.9 Å². The van der Waals surface area contributed by atoms with Crippen molar-refractivity contribution in [1.29, 1.82) is 0 Å². The number of oxime groups is 1. The lowest BCUT2D eigenvalue weighted by atomic mass is 10.1. The van der Waals surface area contributed by atoms with Gasteiger partial charge in [0.2, 0.25) is 0 Å². The molecule has 0 aromatic heterocycles. The number of amidine groups is 1. The zero-order chi connectivity index (χ0) is 13.8. The number of ether oxygens (including phenoxy) is 1. The third-order valence-electron chi connectivity index (χ3n) is 3.15. The van der Waals surface area contributed by atoms with E-state index in [0.717, 1.165) is 41.8 Å². The highest BCUT2D eigenvalue weighted by molar-refractivity contribution is 9.10.